The maximum atomic E-state index is 11.8. The molecule has 0 aromatic heterocycles. The van der Waals surface area contributed by atoms with Crippen LogP contribution in [-0.2, 0) is 19.2 Å². The summed E-state index contributed by atoms with van der Waals surface area (Å²) < 4.78 is 0. The van der Waals surface area contributed by atoms with Crippen molar-refractivity contribution in [3.05, 3.63) is 0 Å². The molecule has 0 unspecified atom stereocenters. The van der Waals surface area contributed by atoms with Crippen LogP contribution in [0.15, 0.2) is 0 Å². The van der Waals surface area contributed by atoms with E-state index in [2.05, 4.69) is 0 Å². The Morgan fingerprint density at radius 3 is 2.13 bits per heavy atom. The van der Waals surface area contributed by atoms with Crippen LogP contribution in [0.25, 0.3) is 0 Å². The first-order chi connectivity index (χ1) is 10.8. The molecule has 0 spiro atoms. The number of ketones is 2. The first kappa shape index (κ1) is 19.3. The molecule has 0 heterocycles. The van der Waals surface area contributed by atoms with Gasteiger partial charge in [0, 0.05) is 38.0 Å². The second-order valence-corrected chi connectivity index (χ2v) is 6.12. The van der Waals surface area contributed by atoms with Gasteiger partial charge in [-0.25, -0.2) is 0 Å². The molecule has 0 aromatic rings. The second kappa shape index (κ2) is 9.39. The summed E-state index contributed by atoms with van der Waals surface area (Å²) in [4.78, 5) is 44.6. The molecule has 1 fully saturated rings. The van der Waals surface area contributed by atoms with Crippen LogP contribution in [0.3, 0.4) is 0 Å². The molecule has 0 aliphatic heterocycles. The summed E-state index contributed by atoms with van der Waals surface area (Å²) in [7, 11) is 0. The Kier molecular flexibility index (Phi) is 7.88. The summed E-state index contributed by atoms with van der Waals surface area (Å²) in [5.41, 5.74) is 0. The molecule has 1 aliphatic carbocycles. The van der Waals surface area contributed by atoms with Gasteiger partial charge in [0.2, 0.25) is 0 Å². The van der Waals surface area contributed by atoms with Crippen molar-refractivity contribution >= 4 is 23.5 Å². The Labute approximate surface area is 134 Å². The van der Waals surface area contributed by atoms with E-state index < -0.39 is 24.0 Å². The summed E-state index contributed by atoms with van der Waals surface area (Å²) in [5.74, 6) is -2.85. The van der Waals surface area contributed by atoms with Crippen LogP contribution in [0.1, 0.15) is 57.8 Å². The highest BCUT2D eigenvalue weighted by Gasteiger charge is 2.41. The first-order valence-electron chi connectivity index (χ1n) is 7.97. The fraction of sp³-hybridized carbons (Fsp3) is 0.750. The van der Waals surface area contributed by atoms with Crippen molar-refractivity contribution in [2.24, 2.45) is 11.8 Å². The van der Waals surface area contributed by atoms with E-state index in [-0.39, 0.29) is 49.6 Å². The van der Waals surface area contributed by atoms with Crippen LogP contribution in [0, 0.1) is 11.8 Å². The molecular formula is C16H24O7. The molecule has 130 valence electrons. The lowest BCUT2D eigenvalue weighted by Gasteiger charge is -2.20. The lowest BCUT2D eigenvalue weighted by atomic mass is 9.85. The van der Waals surface area contributed by atoms with E-state index >= 15 is 0 Å². The fourth-order valence-electron chi connectivity index (χ4n) is 3.11. The van der Waals surface area contributed by atoms with Crippen molar-refractivity contribution in [2.75, 3.05) is 0 Å². The van der Waals surface area contributed by atoms with Gasteiger partial charge in [-0.1, -0.05) is 0 Å². The number of Topliss-reactive ketones (excluding diaryl/α,β-unsaturated/α-hetero) is 2. The third-order valence-corrected chi connectivity index (χ3v) is 4.36. The van der Waals surface area contributed by atoms with Crippen LogP contribution in [-0.4, -0.2) is 44.9 Å². The van der Waals surface area contributed by atoms with Gasteiger partial charge in [-0.3, -0.25) is 19.2 Å². The van der Waals surface area contributed by atoms with Gasteiger partial charge in [-0.15, -0.1) is 0 Å². The van der Waals surface area contributed by atoms with Crippen LogP contribution < -0.4 is 0 Å². The van der Waals surface area contributed by atoms with Gasteiger partial charge in [0.25, 0.3) is 0 Å². The van der Waals surface area contributed by atoms with E-state index in [1.54, 1.807) is 0 Å². The van der Waals surface area contributed by atoms with Crippen molar-refractivity contribution in [1.29, 1.82) is 0 Å². The predicted octanol–water partition coefficient (Wildman–Crippen LogP) is 1.41. The molecule has 3 N–H and O–H groups in total. The fourth-order valence-corrected chi connectivity index (χ4v) is 3.11. The van der Waals surface area contributed by atoms with Crippen LogP contribution >= 0.6 is 0 Å². The van der Waals surface area contributed by atoms with E-state index in [9.17, 15) is 24.3 Å². The Bertz CT molecular complexity index is 457. The van der Waals surface area contributed by atoms with Gasteiger partial charge in [0.15, 0.2) is 0 Å². The molecule has 1 saturated carbocycles. The van der Waals surface area contributed by atoms with Gasteiger partial charge in [-0.2, -0.15) is 0 Å². The topological polar surface area (TPSA) is 129 Å². The number of carbonyl (C=O) groups excluding carboxylic acids is 2. The lowest BCUT2D eigenvalue weighted by Crippen LogP contribution is -2.22. The lowest BCUT2D eigenvalue weighted by molar-refractivity contribution is -0.138. The molecule has 0 aromatic carbocycles. The molecule has 7 nitrogen and oxygen atoms in total. The minimum absolute atomic E-state index is 0.0149. The Morgan fingerprint density at radius 1 is 0.913 bits per heavy atom. The number of carboxylic acids is 2. The predicted molar refractivity (Wildman–Crippen MR) is 79.8 cm³/mol. The van der Waals surface area contributed by atoms with Crippen molar-refractivity contribution < 1.29 is 34.5 Å². The normalized spacial score (nSPS) is 23.9. The van der Waals surface area contributed by atoms with Gasteiger partial charge in [-0.05, 0) is 31.6 Å². The number of hydrogen-bond donors (Lipinski definition) is 3. The van der Waals surface area contributed by atoms with Gasteiger partial charge < -0.3 is 15.3 Å². The van der Waals surface area contributed by atoms with Crippen LogP contribution in [0.5, 0.6) is 0 Å². The third-order valence-electron chi connectivity index (χ3n) is 4.36. The molecule has 0 amide bonds. The van der Waals surface area contributed by atoms with E-state index in [1.807, 2.05) is 0 Å². The molecule has 7 heteroatoms. The first-order valence-corrected chi connectivity index (χ1v) is 7.97. The number of rotatable bonds is 11. The molecule has 0 bridgehead atoms. The number of aliphatic hydroxyl groups is 1. The number of aliphatic carboxylic acids is 2. The number of carboxylic acid groups (broad SMARTS) is 2. The molecule has 0 radical (unpaired) electrons. The number of unbranched alkanes of at least 4 members (excludes halogenated alkanes) is 1. The maximum absolute atomic E-state index is 11.8. The number of carbonyl (C=O) groups is 4. The zero-order valence-corrected chi connectivity index (χ0v) is 13.1. The summed E-state index contributed by atoms with van der Waals surface area (Å²) in [5, 5.41) is 27.2. The largest absolute Gasteiger partial charge is 0.481 e. The summed E-state index contributed by atoms with van der Waals surface area (Å²) in [6.45, 7) is 0. The molecule has 23 heavy (non-hydrogen) atoms. The minimum Gasteiger partial charge on any atom is -0.481 e. The van der Waals surface area contributed by atoms with Crippen molar-refractivity contribution in [1.82, 2.24) is 0 Å². The van der Waals surface area contributed by atoms with Gasteiger partial charge in [0.1, 0.15) is 11.6 Å². The highest BCUT2D eigenvalue weighted by atomic mass is 16.4. The van der Waals surface area contributed by atoms with E-state index in [0.717, 1.165) is 0 Å². The Balaban J connectivity index is 2.37. The van der Waals surface area contributed by atoms with Crippen LogP contribution in [0.4, 0.5) is 0 Å². The molecule has 3 atom stereocenters. The monoisotopic (exact) mass is 328 g/mol. The third kappa shape index (κ3) is 6.90. The van der Waals surface area contributed by atoms with Crippen LogP contribution in [0.2, 0.25) is 0 Å². The van der Waals surface area contributed by atoms with Crippen molar-refractivity contribution in [3.8, 4) is 0 Å². The quantitative estimate of drug-likeness (QED) is 0.489. The van der Waals surface area contributed by atoms with Crippen molar-refractivity contribution in [3.63, 3.8) is 0 Å². The van der Waals surface area contributed by atoms with Crippen molar-refractivity contribution in [2.45, 2.75) is 63.9 Å². The summed E-state index contributed by atoms with van der Waals surface area (Å²) in [6.07, 6.45) is 1.20. The zero-order chi connectivity index (χ0) is 17.4. The second-order valence-electron chi connectivity index (χ2n) is 6.12. The Morgan fingerprint density at radius 2 is 1.52 bits per heavy atom. The van der Waals surface area contributed by atoms with E-state index in [4.69, 9.17) is 10.2 Å². The average molecular weight is 328 g/mol. The van der Waals surface area contributed by atoms with Gasteiger partial charge >= 0.3 is 11.9 Å². The highest BCUT2D eigenvalue weighted by Crippen LogP contribution is 2.35. The maximum Gasteiger partial charge on any atom is 0.303 e. The average Bonchev–Trinajstić information content (AvgIpc) is 2.72. The standard InChI is InChI=1S/C16H24O7/c17-10(3-1-2-4-15(20)21)5-6-11-12(7-8-16(22)23)14(19)9-13(11)18/h11-13,18H,1-9H2,(H,20,21)(H,22,23)/t11-,12+,13+/m1/s1. The summed E-state index contributed by atoms with van der Waals surface area (Å²) >= 11 is 0. The van der Waals surface area contributed by atoms with E-state index in [0.29, 0.717) is 25.7 Å². The molecule has 0 saturated heterocycles. The summed E-state index contributed by atoms with van der Waals surface area (Å²) in [6, 6.07) is 0. The number of hydrogen-bond acceptors (Lipinski definition) is 5. The molecule has 1 rings (SSSR count). The molecule has 1 aliphatic rings. The van der Waals surface area contributed by atoms with Gasteiger partial charge in [0.05, 0.1) is 6.10 Å². The highest BCUT2D eigenvalue weighted by molar-refractivity contribution is 5.85. The SMILES string of the molecule is O=C(O)CCCCC(=O)CC[C@@H]1[C@H](CCC(=O)O)C(=O)C[C@@H]1O. The van der Waals surface area contributed by atoms with E-state index in [1.165, 1.54) is 0 Å². The minimum atomic E-state index is -0.979. The molecular weight excluding hydrogens is 304 g/mol. The zero-order valence-electron chi connectivity index (χ0n) is 13.1. The number of aliphatic hydroxyl groups excluding tert-OH is 1. The Hall–Kier alpha value is -1.76. The smallest absolute Gasteiger partial charge is 0.303 e.